The number of amides is 1. The topological polar surface area (TPSA) is 85.0 Å². The molecule has 0 unspecified atom stereocenters. The Bertz CT molecular complexity index is 1870. The fourth-order valence-electron chi connectivity index (χ4n) is 4.78. The standard InChI is InChI=1S/C30H23F3N6O2S/c1-18(2)22-5-3-4-6-25(22)39-27(40)16-42-29(39)37-35-15-19-7-12-23-24(36-19)13-14-26-28(23)34-17-38(26)20-8-10-21(11-9-20)41-30(31,32)33/h3-15,17-18H,16H2,1-2H3. The molecule has 5 aromatic rings. The van der Waals surface area contributed by atoms with Crippen LogP contribution in [0, 0.1) is 0 Å². The number of halogens is 3. The van der Waals surface area contributed by atoms with E-state index < -0.39 is 6.36 Å². The molecule has 212 valence electrons. The summed E-state index contributed by atoms with van der Waals surface area (Å²) in [6.07, 6.45) is -1.60. The molecule has 0 aliphatic carbocycles. The number of fused-ring (bicyclic) bond motifs is 3. The molecular formula is C30H23F3N6O2S. The van der Waals surface area contributed by atoms with Crippen LogP contribution >= 0.6 is 11.8 Å². The average molecular weight is 589 g/mol. The molecule has 0 atom stereocenters. The van der Waals surface area contributed by atoms with E-state index in [4.69, 9.17) is 0 Å². The lowest BCUT2D eigenvalue weighted by molar-refractivity contribution is -0.274. The van der Waals surface area contributed by atoms with Gasteiger partial charge in [-0.2, -0.15) is 5.10 Å². The Balaban J connectivity index is 1.25. The van der Waals surface area contributed by atoms with Gasteiger partial charge in [-0.15, -0.1) is 18.3 Å². The first-order valence-corrected chi connectivity index (χ1v) is 14.0. The normalized spacial score (nSPS) is 15.2. The quantitative estimate of drug-likeness (QED) is 0.157. The van der Waals surface area contributed by atoms with Crippen LogP contribution in [-0.2, 0) is 4.79 Å². The van der Waals surface area contributed by atoms with Gasteiger partial charge in [0.25, 0.3) is 0 Å². The van der Waals surface area contributed by atoms with Gasteiger partial charge in [0.1, 0.15) is 12.1 Å². The number of hydrogen-bond donors (Lipinski definition) is 0. The number of alkyl halides is 3. The summed E-state index contributed by atoms with van der Waals surface area (Å²) in [5.41, 5.74) is 5.24. The highest BCUT2D eigenvalue weighted by Crippen LogP contribution is 2.33. The van der Waals surface area contributed by atoms with Crippen molar-refractivity contribution in [1.82, 2.24) is 14.5 Å². The lowest BCUT2D eigenvalue weighted by Gasteiger charge is -2.20. The van der Waals surface area contributed by atoms with Crippen LogP contribution in [0.5, 0.6) is 5.75 Å². The number of anilines is 1. The van der Waals surface area contributed by atoms with E-state index >= 15 is 0 Å². The van der Waals surface area contributed by atoms with E-state index in [-0.39, 0.29) is 17.6 Å². The minimum Gasteiger partial charge on any atom is -0.406 e. The average Bonchev–Trinajstić information content (AvgIpc) is 3.56. The molecule has 0 N–H and O–H groups in total. The number of ether oxygens (including phenoxy) is 1. The zero-order chi connectivity index (χ0) is 29.4. The number of benzene rings is 3. The van der Waals surface area contributed by atoms with Crippen molar-refractivity contribution in [2.24, 2.45) is 10.2 Å². The van der Waals surface area contributed by atoms with Crippen molar-refractivity contribution in [1.29, 1.82) is 0 Å². The van der Waals surface area contributed by atoms with Crippen LogP contribution in [0.2, 0.25) is 0 Å². The van der Waals surface area contributed by atoms with E-state index in [0.717, 1.165) is 22.2 Å². The number of carbonyl (C=O) groups excluding carboxylic acids is 1. The highest BCUT2D eigenvalue weighted by molar-refractivity contribution is 8.15. The smallest absolute Gasteiger partial charge is 0.406 e. The Morgan fingerprint density at radius 3 is 2.57 bits per heavy atom. The largest absolute Gasteiger partial charge is 0.573 e. The SMILES string of the molecule is CC(C)c1ccccc1N1C(=O)CSC1=NN=Cc1ccc2c(ccc3c2ncn3-c2ccc(OC(F)(F)F)cc2)n1. The first kappa shape index (κ1) is 27.5. The highest BCUT2D eigenvalue weighted by Gasteiger charge is 2.32. The molecule has 1 aliphatic rings. The molecule has 2 aromatic heterocycles. The third kappa shape index (κ3) is 5.45. The van der Waals surface area contributed by atoms with Gasteiger partial charge in [0.15, 0.2) is 5.17 Å². The highest BCUT2D eigenvalue weighted by atomic mass is 32.2. The van der Waals surface area contributed by atoms with E-state index in [2.05, 4.69) is 38.8 Å². The van der Waals surface area contributed by atoms with Crippen LogP contribution in [0.15, 0.2) is 89.3 Å². The summed E-state index contributed by atoms with van der Waals surface area (Å²) in [4.78, 5) is 23.5. The van der Waals surface area contributed by atoms with Crippen LogP contribution in [-0.4, -0.2) is 43.9 Å². The fraction of sp³-hybridized carbons (Fsp3) is 0.167. The third-order valence-corrected chi connectivity index (χ3v) is 7.57. The number of nitrogens with zero attached hydrogens (tertiary/aromatic N) is 6. The number of imidazole rings is 1. The van der Waals surface area contributed by atoms with Gasteiger partial charge >= 0.3 is 6.36 Å². The molecule has 6 rings (SSSR count). The first-order chi connectivity index (χ1) is 20.2. The van der Waals surface area contributed by atoms with Gasteiger partial charge in [-0.05, 0) is 66.1 Å². The molecule has 1 aliphatic heterocycles. The second-order valence-electron chi connectivity index (χ2n) is 9.75. The number of aromatic nitrogens is 3. The Hall–Kier alpha value is -4.71. The molecule has 1 fully saturated rings. The summed E-state index contributed by atoms with van der Waals surface area (Å²) < 4.78 is 43.2. The summed E-state index contributed by atoms with van der Waals surface area (Å²) in [5.74, 6) is 0.196. The number of carbonyl (C=O) groups is 1. The van der Waals surface area contributed by atoms with Crippen LogP contribution in [0.3, 0.4) is 0 Å². The van der Waals surface area contributed by atoms with E-state index in [1.807, 2.05) is 42.5 Å². The molecule has 3 aromatic carbocycles. The second-order valence-corrected chi connectivity index (χ2v) is 10.7. The number of pyridine rings is 1. The molecule has 42 heavy (non-hydrogen) atoms. The predicted molar refractivity (Wildman–Crippen MR) is 159 cm³/mol. The van der Waals surface area contributed by atoms with E-state index in [9.17, 15) is 18.0 Å². The van der Waals surface area contributed by atoms with Crippen molar-refractivity contribution in [3.05, 3.63) is 90.4 Å². The van der Waals surface area contributed by atoms with Gasteiger partial charge in [-0.25, -0.2) is 9.97 Å². The van der Waals surface area contributed by atoms with Crippen molar-refractivity contribution in [2.75, 3.05) is 10.7 Å². The maximum absolute atomic E-state index is 12.7. The molecule has 1 saturated heterocycles. The summed E-state index contributed by atoms with van der Waals surface area (Å²) in [5, 5.41) is 9.90. The van der Waals surface area contributed by atoms with Crippen molar-refractivity contribution in [3.8, 4) is 11.4 Å². The zero-order valence-corrected chi connectivity index (χ0v) is 23.2. The van der Waals surface area contributed by atoms with Crippen molar-refractivity contribution < 1.29 is 22.7 Å². The second kappa shape index (κ2) is 10.9. The van der Waals surface area contributed by atoms with Gasteiger partial charge in [0, 0.05) is 11.1 Å². The monoisotopic (exact) mass is 588 g/mol. The summed E-state index contributed by atoms with van der Waals surface area (Å²) >= 11 is 1.34. The Morgan fingerprint density at radius 1 is 1.02 bits per heavy atom. The summed E-state index contributed by atoms with van der Waals surface area (Å²) in [7, 11) is 0. The number of amidine groups is 1. The zero-order valence-electron chi connectivity index (χ0n) is 22.4. The lowest BCUT2D eigenvalue weighted by Crippen LogP contribution is -2.30. The molecule has 3 heterocycles. The molecule has 12 heteroatoms. The molecule has 1 amide bonds. The maximum atomic E-state index is 12.7. The Labute approximate surface area is 242 Å². The van der Waals surface area contributed by atoms with Gasteiger partial charge in [-0.1, -0.05) is 43.8 Å². The minimum absolute atomic E-state index is 0.0417. The van der Waals surface area contributed by atoms with Crippen molar-refractivity contribution in [2.45, 2.75) is 26.1 Å². The maximum Gasteiger partial charge on any atom is 0.573 e. The summed E-state index contributed by atoms with van der Waals surface area (Å²) in [6, 6.07) is 20.8. The minimum atomic E-state index is -4.75. The number of hydrogen-bond acceptors (Lipinski definition) is 7. The van der Waals surface area contributed by atoms with E-state index in [1.165, 1.54) is 42.2 Å². The van der Waals surface area contributed by atoms with Gasteiger partial charge in [0.2, 0.25) is 5.91 Å². The number of rotatable bonds is 6. The van der Waals surface area contributed by atoms with E-state index in [1.54, 1.807) is 21.9 Å². The third-order valence-electron chi connectivity index (χ3n) is 6.65. The molecule has 8 nitrogen and oxygen atoms in total. The van der Waals surface area contributed by atoms with Crippen molar-refractivity contribution >= 4 is 56.7 Å². The van der Waals surface area contributed by atoms with Crippen LogP contribution in [0.1, 0.15) is 31.0 Å². The molecule has 0 saturated carbocycles. The van der Waals surface area contributed by atoms with Crippen LogP contribution < -0.4 is 9.64 Å². The number of thioether (sulfide) groups is 1. The van der Waals surface area contributed by atoms with Gasteiger partial charge in [-0.3, -0.25) is 14.3 Å². The Kier molecular flexibility index (Phi) is 7.15. The fourth-order valence-corrected chi connectivity index (χ4v) is 5.59. The Morgan fingerprint density at radius 2 is 1.81 bits per heavy atom. The lowest BCUT2D eigenvalue weighted by atomic mass is 10.0. The first-order valence-electron chi connectivity index (χ1n) is 13.0. The predicted octanol–water partition coefficient (Wildman–Crippen LogP) is 7.07. The van der Waals surface area contributed by atoms with E-state index in [0.29, 0.717) is 33.3 Å². The summed E-state index contributed by atoms with van der Waals surface area (Å²) in [6.45, 7) is 4.17. The number of para-hydroxylation sites is 1. The van der Waals surface area contributed by atoms with Gasteiger partial charge < -0.3 is 4.74 Å². The van der Waals surface area contributed by atoms with Gasteiger partial charge in [0.05, 0.1) is 39.9 Å². The van der Waals surface area contributed by atoms with Crippen LogP contribution in [0.25, 0.3) is 27.6 Å². The molecule has 0 radical (unpaired) electrons. The molecule has 0 bridgehead atoms. The van der Waals surface area contributed by atoms with Crippen LogP contribution in [0.4, 0.5) is 18.9 Å². The molecular weight excluding hydrogens is 565 g/mol. The van der Waals surface area contributed by atoms with Crippen molar-refractivity contribution in [3.63, 3.8) is 0 Å². The molecule has 0 spiro atoms.